The summed E-state index contributed by atoms with van der Waals surface area (Å²) < 4.78 is 5.75. The number of pyridine rings is 1. The molecule has 0 bridgehead atoms. The number of nitrogens with one attached hydrogen (secondary N) is 2. The lowest BCUT2D eigenvalue weighted by Crippen LogP contribution is -2.47. The van der Waals surface area contributed by atoms with Crippen LogP contribution in [0.2, 0.25) is 0 Å². The van der Waals surface area contributed by atoms with Crippen molar-refractivity contribution < 1.29 is 14.3 Å². The Hall–Kier alpha value is -3.09. The molecule has 0 radical (unpaired) electrons. The molecule has 1 saturated heterocycles. The Morgan fingerprint density at radius 2 is 1.86 bits per heavy atom. The lowest BCUT2D eigenvalue weighted by Gasteiger charge is -2.20. The zero-order valence-corrected chi connectivity index (χ0v) is 16.5. The third-order valence-corrected chi connectivity index (χ3v) is 4.96. The molecule has 1 aliphatic rings. The molecule has 1 aromatic carbocycles. The molecular weight excluding hydrogens is 356 g/mol. The van der Waals surface area contributed by atoms with Gasteiger partial charge in [-0.25, -0.2) is 4.98 Å². The van der Waals surface area contributed by atoms with Crippen LogP contribution in [0.4, 0.5) is 5.82 Å². The highest BCUT2D eigenvalue weighted by molar-refractivity contribution is 5.99. The normalized spacial score (nSPS) is 14.5. The molecule has 2 amide bonds. The Morgan fingerprint density at radius 3 is 2.61 bits per heavy atom. The number of carbonyl (C=O) groups excluding carboxylic acids is 2. The molecule has 2 N–H and O–H groups in total. The van der Waals surface area contributed by atoms with E-state index in [-0.39, 0.29) is 0 Å². The number of ether oxygens (including phenoxy) is 1. The maximum Gasteiger partial charge on any atom is 0.279 e. The summed E-state index contributed by atoms with van der Waals surface area (Å²) in [7, 11) is 0. The third-order valence-electron chi connectivity index (χ3n) is 4.96. The van der Waals surface area contributed by atoms with Gasteiger partial charge in [0.2, 0.25) is 0 Å². The molecule has 1 aliphatic heterocycles. The minimum atomic E-state index is -0.757. The van der Waals surface area contributed by atoms with Gasteiger partial charge in [-0.1, -0.05) is 12.1 Å². The van der Waals surface area contributed by atoms with E-state index in [9.17, 15) is 9.59 Å². The van der Waals surface area contributed by atoms with E-state index in [1.165, 1.54) is 0 Å². The lowest BCUT2D eigenvalue weighted by molar-refractivity contribution is -0.128. The van der Waals surface area contributed by atoms with Crippen molar-refractivity contribution in [3.8, 4) is 5.75 Å². The minimum Gasteiger partial charge on any atom is -0.481 e. The van der Waals surface area contributed by atoms with Crippen LogP contribution in [0.25, 0.3) is 0 Å². The van der Waals surface area contributed by atoms with Crippen molar-refractivity contribution in [1.82, 2.24) is 15.8 Å². The number of anilines is 1. The molecule has 7 heteroatoms. The second-order valence-electron chi connectivity index (χ2n) is 6.97. The minimum absolute atomic E-state index is 0.401. The highest BCUT2D eigenvalue weighted by atomic mass is 16.5. The molecule has 2 heterocycles. The molecule has 3 rings (SSSR count). The summed E-state index contributed by atoms with van der Waals surface area (Å²) in [4.78, 5) is 31.3. The summed E-state index contributed by atoms with van der Waals surface area (Å²) in [5, 5.41) is 0. The van der Waals surface area contributed by atoms with Crippen LogP contribution in [0.3, 0.4) is 0 Å². The Labute approximate surface area is 165 Å². The van der Waals surface area contributed by atoms with E-state index in [1.54, 1.807) is 25.3 Å². The van der Waals surface area contributed by atoms with Gasteiger partial charge in [0.1, 0.15) is 11.6 Å². The van der Waals surface area contributed by atoms with Gasteiger partial charge in [0, 0.05) is 19.3 Å². The molecule has 1 atom stereocenters. The summed E-state index contributed by atoms with van der Waals surface area (Å²) in [6.07, 6.45) is 3.08. The van der Waals surface area contributed by atoms with Crippen LogP contribution in [0.15, 0.2) is 36.5 Å². The quantitative estimate of drug-likeness (QED) is 0.777. The van der Waals surface area contributed by atoms with Crippen molar-refractivity contribution in [2.75, 3.05) is 18.0 Å². The molecule has 0 spiro atoms. The fraction of sp³-hybridized carbons (Fsp3) is 0.381. The van der Waals surface area contributed by atoms with E-state index in [0.29, 0.717) is 17.1 Å². The van der Waals surface area contributed by atoms with Gasteiger partial charge in [-0.3, -0.25) is 20.4 Å². The largest absolute Gasteiger partial charge is 0.481 e. The molecule has 1 unspecified atom stereocenters. The first-order valence-corrected chi connectivity index (χ1v) is 9.50. The van der Waals surface area contributed by atoms with Gasteiger partial charge in [0.05, 0.1) is 5.56 Å². The predicted octanol–water partition coefficient (Wildman–Crippen LogP) is 2.53. The topological polar surface area (TPSA) is 83.6 Å². The van der Waals surface area contributed by atoms with Crippen molar-refractivity contribution in [3.05, 3.63) is 53.2 Å². The van der Waals surface area contributed by atoms with Gasteiger partial charge >= 0.3 is 0 Å². The monoisotopic (exact) mass is 382 g/mol. The molecule has 0 aliphatic carbocycles. The molecule has 7 nitrogen and oxygen atoms in total. The number of hydrazine groups is 1. The van der Waals surface area contributed by atoms with Crippen LogP contribution < -0.4 is 20.5 Å². The fourth-order valence-corrected chi connectivity index (χ4v) is 3.14. The maximum absolute atomic E-state index is 12.6. The number of aromatic nitrogens is 1. The number of hydrogen-bond acceptors (Lipinski definition) is 5. The van der Waals surface area contributed by atoms with E-state index in [0.717, 1.165) is 37.1 Å². The Morgan fingerprint density at radius 1 is 1.11 bits per heavy atom. The highest BCUT2D eigenvalue weighted by Gasteiger charge is 2.22. The first-order valence-electron chi connectivity index (χ1n) is 9.50. The number of carbonyl (C=O) groups is 2. The highest BCUT2D eigenvalue weighted by Crippen LogP contribution is 2.22. The number of hydrogen-bond donors (Lipinski definition) is 2. The molecule has 148 valence electrons. The Kier molecular flexibility index (Phi) is 6.13. The number of benzene rings is 1. The van der Waals surface area contributed by atoms with Crippen LogP contribution in [-0.2, 0) is 4.79 Å². The van der Waals surface area contributed by atoms with Crippen molar-refractivity contribution in [2.24, 2.45) is 0 Å². The van der Waals surface area contributed by atoms with Crippen LogP contribution >= 0.6 is 0 Å². The Balaban J connectivity index is 1.60. The van der Waals surface area contributed by atoms with Crippen molar-refractivity contribution in [1.29, 1.82) is 0 Å². The zero-order chi connectivity index (χ0) is 20.1. The SMILES string of the molecule is Cc1cccc(OC(C)C(=O)NNC(=O)c2cccnc2N2CCCC2)c1C. The number of nitrogens with zero attached hydrogens (tertiary/aromatic N) is 2. The van der Waals surface area contributed by atoms with Crippen molar-refractivity contribution in [3.63, 3.8) is 0 Å². The van der Waals surface area contributed by atoms with Crippen LogP contribution in [0.1, 0.15) is 41.3 Å². The molecule has 2 aromatic rings. The maximum atomic E-state index is 12.6. The number of rotatable bonds is 5. The second kappa shape index (κ2) is 8.73. The van der Waals surface area contributed by atoms with Crippen LogP contribution in [-0.4, -0.2) is 36.0 Å². The predicted molar refractivity (Wildman–Crippen MR) is 107 cm³/mol. The van der Waals surface area contributed by atoms with Gasteiger partial charge in [0.15, 0.2) is 6.10 Å². The standard InChI is InChI=1S/C21H26N4O3/c1-14-8-6-10-18(15(14)2)28-16(3)20(26)23-24-21(27)17-9-7-11-22-19(17)25-12-4-5-13-25/h6-11,16H,4-5,12-13H2,1-3H3,(H,23,26)(H,24,27). The average Bonchev–Trinajstić information content (AvgIpc) is 3.24. The van der Waals surface area contributed by atoms with Gasteiger partial charge < -0.3 is 9.64 Å². The van der Waals surface area contributed by atoms with Crippen molar-refractivity contribution in [2.45, 2.75) is 39.7 Å². The number of amides is 2. The van der Waals surface area contributed by atoms with E-state index in [1.807, 2.05) is 32.0 Å². The molecule has 1 aromatic heterocycles. The van der Waals surface area contributed by atoms with Crippen LogP contribution in [0.5, 0.6) is 5.75 Å². The van der Waals surface area contributed by atoms with Gasteiger partial charge in [-0.05, 0) is 62.9 Å². The first kappa shape index (κ1) is 19.7. The fourth-order valence-electron chi connectivity index (χ4n) is 3.14. The molecule has 28 heavy (non-hydrogen) atoms. The zero-order valence-electron chi connectivity index (χ0n) is 16.5. The Bertz CT molecular complexity index is 862. The molecule has 0 saturated carbocycles. The molecular formula is C21H26N4O3. The third kappa shape index (κ3) is 4.42. The summed E-state index contributed by atoms with van der Waals surface area (Å²) in [6, 6.07) is 9.11. The smallest absolute Gasteiger partial charge is 0.279 e. The van der Waals surface area contributed by atoms with E-state index >= 15 is 0 Å². The summed E-state index contributed by atoms with van der Waals surface area (Å²) >= 11 is 0. The van der Waals surface area contributed by atoms with E-state index in [2.05, 4.69) is 20.7 Å². The summed E-state index contributed by atoms with van der Waals surface area (Å²) in [5.41, 5.74) is 7.42. The van der Waals surface area contributed by atoms with E-state index < -0.39 is 17.9 Å². The molecule has 1 fully saturated rings. The summed E-state index contributed by atoms with van der Waals surface area (Å²) in [6.45, 7) is 7.33. The van der Waals surface area contributed by atoms with E-state index in [4.69, 9.17) is 4.74 Å². The average molecular weight is 382 g/mol. The van der Waals surface area contributed by atoms with Gasteiger partial charge in [-0.15, -0.1) is 0 Å². The van der Waals surface area contributed by atoms with Crippen LogP contribution in [0, 0.1) is 13.8 Å². The van der Waals surface area contributed by atoms with Gasteiger partial charge in [0.25, 0.3) is 11.8 Å². The van der Waals surface area contributed by atoms with Crippen molar-refractivity contribution >= 4 is 17.6 Å². The number of aryl methyl sites for hydroxylation is 1. The lowest BCUT2D eigenvalue weighted by atomic mass is 10.1. The second-order valence-corrected chi connectivity index (χ2v) is 6.97. The first-order chi connectivity index (χ1) is 13.5. The summed E-state index contributed by atoms with van der Waals surface area (Å²) in [5.74, 6) is 0.465. The van der Waals surface area contributed by atoms with Gasteiger partial charge in [-0.2, -0.15) is 0 Å².